The molecule has 244 valence electrons. The van der Waals surface area contributed by atoms with Gasteiger partial charge in [0.2, 0.25) is 27.7 Å². The van der Waals surface area contributed by atoms with Crippen LogP contribution in [0.3, 0.4) is 0 Å². The smallest absolute Gasteiger partial charge is 0.243 e. The first-order valence-electron chi connectivity index (χ1n) is 14.6. The highest BCUT2D eigenvalue weighted by molar-refractivity contribution is 7.98. The van der Waals surface area contributed by atoms with Crippen LogP contribution in [0.1, 0.15) is 51.7 Å². The number of aliphatic hydroxyl groups is 2. The molecule has 5 atom stereocenters. The van der Waals surface area contributed by atoms with Crippen molar-refractivity contribution in [3.63, 3.8) is 0 Å². The van der Waals surface area contributed by atoms with Crippen LogP contribution in [0.25, 0.3) is 0 Å². The Kier molecular flexibility index (Phi) is 15.3. The largest absolute Gasteiger partial charge is 0.392 e. The topological polar surface area (TPSA) is 174 Å². The number of hydrogen-bond acceptors (Lipinski definition) is 8. The van der Waals surface area contributed by atoms with Crippen LogP contribution in [0.5, 0.6) is 0 Å². The first-order valence-corrected chi connectivity index (χ1v) is 17.5. The zero-order valence-corrected chi connectivity index (χ0v) is 27.6. The van der Waals surface area contributed by atoms with Gasteiger partial charge in [0.1, 0.15) is 12.1 Å². The molecule has 0 aromatic heterocycles. The van der Waals surface area contributed by atoms with Crippen LogP contribution < -0.4 is 20.7 Å². The summed E-state index contributed by atoms with van der Waals surface area (Å²) in [5.41, 5.74) is 1.49. The number of rotatable bonds is 18. The Labute approximate surface area is 265 Å². The third-order valence-electron chi connectivity index (χ3n) is 7.19. The van der Waals surface area contributed by atoms with Crippen LogP contribution >= 0.6 is 11.8 Å². The monoisotopic (exact) mass is 650 g/mol. The van der Waals surface area contributed by atoms with Gasteiger partial charge in [-0.05, 0) is 61.0 Å². The van der Waals surface area contributed by atoms with Crippen LogP contribution in [-0.2, 0) is 37.6 Å². The van der Waals surface area contributed by atoms with Crippen molar-refractivity contribution in [2.45, 2.75) is 82.8 Å². The first kappa shape index (κ1) is 37.2. The number of thioether (sulfide) groups is 1. The number of hydrogen-bond donors (Lipinski definition) is 6. The van der Waals surface area contributed by atoms with Gasteiger partial charge < -0.3 is 26.2 Å². The quantitative estimate of drug-likeness (QED) is 0.142. The van der Waals surface area contributed by atoms with E-state index in [0.29, 0.717) is 17.9 Å². The fourth-order valence-corrected chi connectivity index (χ4v) is 6.03. The number of carbonyl (C=O) groups is 3. The fourth-order valence-electron chi connectivity index (χ4n) is 4.33. The summed E-state index contributed by atoms with van der Waals surface area (Å²) < 4.78 is 28.4. The average Bonchev–Trinajstić information content (AvgIpc) is 3.00. The molecular formula is C31H46N4O7S2. The molecule has 0 fully saturated rings. The van der Waals surface area contributed by atoms with E-state index in [1.807, 2.05) is 50.4 Å². The Morgan fingerprint density at radius 2 is 1.50 bits per heavy atom. The predicted octanol–water partition coefficient (Wildman–Crippen LogP) is 1.93. The molecule has 0 spiro atoms. The number of aliphatic hydroxyl groups excluding tert-OH is 2. The standard InChI is InChI=1S/C31H46N4O7S2/c1-20(2)28(31(40)32-18-23-9-7-6-8-10-23)34-29(38)21(3)17-27(37)22(4)33-30(39)26(15-16-43-5)35-44(41,42)25-13-11-24(19-36)12-14-25/h6-14,20-22,26-28,35-37H,15-19H2,1-5H3,(H,32,40)(H,33,39)(H,34,38)/t21-,22+,26?,27+,28+/m1/s1. The number of amides is 3. The van der Waals surface area contributed by atoms with E-state index in [4.69, 9.17) is 0 Å². The van der Waals surface area contributed by atoms with E-state index in [1.165, 1.54) is 36.0 Å². The number of benzene rings is 2. The Hall–Kier alpha value is -2.97. The molecule has 0 heterocycles. The Balaban J connectivity index is 1.97. The van der Waals surface area contributed by atoms with E-state index in [2.05, 4.69) is 20.7 Å². The maximum Gasteiger partial charge on any atom is 0.243 e. The molecule has 0 saturated heterocycles. The summed E-state index contributed by atoms with van der Waals surface area (Å²) in [4.78, 5) is 38.9. The van der Waals surface area contributed by atoms with E-state index in [0.717, 1.165) is 5.56 Å². The SMILES string of the molecule is CSCCC(NS(=O)(=O)c1ccc(CO)cc1)C(=O)N[C@@H](C)[C@@H](O)C[C@@H](C)C(=O)N[C@H](C(=O)NCc1ccccc1)C(C)C. The lowest BCUT2D eigenvalue weighted by atomic mass is 9.96. The van der Waals surface area contributed by atoms with Crippen molar-refractivity contribution in [1.82, 2.24) is 20.7 Å². The second kappa shape index (κ2) is 18.1. The third kappa shape index (κ3) is 11.8. The minimum Gasteiger partial charge on any atom is -0.392 e. The molecule has 1 unspecified atom stereocenters. The Morgan fingerprint density at radius 1 is 0.864 bits per heavy atom. The fraction of sp³-hybridized carbons (Fsp3) is 0.516. The molecular weight excluding hydrogens is 604 g/mol. The summed E-state index contributed by atoms with van der Waals surface area (Å²) in [6.45, 7) is 6.97. The zero-order chi connectivity index (χ0) is 32.9. The molecule has 0 saturated carbocycles. The second-order valence-corrected chi connectivity index (χ2v) is 13.9. The van der Waals surface area contributed by atoms with Gasteiger partial charge in [-0.25, -0.2) is 8.42 Å². The number of sulfonamides is 1. The lowest BCUT2D eigenvalue weighted by Gasteiger charge is -2.27. The minimum absolute atomic E-state index is 0.00212. The highest BCUT2D eigenvalue weighted by Crippen LogP contribution is 2.15. The maximum atomic E-state index is 13.1. The second-order valence-electron chi connectivity index (χ2n) is 11.2. The van der Waals surface area contributed by atoms with Gasteiger partial charge in [-0.15, -0.1) is 0 Å². The highest BCUT2D eigenvalue weighted by Gasteiger charge is 2.31. The third-order valence-corrected chi connectivity index (χ3v) is 9.32. The summed E-state index contributed by atoms with van der Waals surface area (Å²) in [5, 5.41) is 28.4. The van der Waals surface area contributed by atoms with Gasteiger partial charge in [-0.3, -0.25) is 14.4 Å². The van der Waals surface area contributed by atoms with Gasteiger partial charge in [-0.2, -0.15) is 16.5 Å². The summed E-state index contributed by atoms with van der Waals surface area (Å²) in [7, 11) is -4.04. The first-order chi connectivity index (χ1) is 20.8. The Morgan fingerprint density at radius 3 is 2.07 bits per heavy atom. The number of carbonyl (C=O) groups excluding carboxylic acids is 3. The molecule has 2 aromatic carbocycles. The molecule has 0 aliphatic carbocycles. The van der Waals surface area contributed by atoms with Crippen molar-refractivity contribution in [2.75, 3.05) is 12.0 Å². The molecule has 0 bridgehead atoms. The van der Waals surface area contributed by atoms with Crippen molar-refractivity contribution in [3.8, 4) is 0 Å². The molecule has 0 radical (unpaired) electrons. The van der Waals surface area contributed by atoms with Crippen molar-refractivity contribution in [2.24, 2.45) is 11.8 Å². The van der Waals surface area contributed by atoms with E-state index in [1.54, 1.807) is 13.8 Å². The molecule has 6 N–H and O–H groups in total. The lowest BCUT2D eigenvalue weighted by molar-refractivity contribution is -0.132. The molecule has 44 heavy (non-hydrogen) atoms. The van der Waals surface area contributed by atoms with Crippen LogP contribution in [0, 0.1) is 11.8 Å². The minimum atomic E-state index is -4.04. The molecule has 2 rings (SSSR count). The van der Waals surface area contributed by atoms with Crippen molar-refractivity contribution >= 4 is 39.5 Å². The average molecular weight is 651 g/mol. The summed E-state index contributed by atoms with van der Waals surface area (Å²) in [5.74, 6) is -1.68. The van der Waals surface area contributed by atoms with Crippen molar-refractivity contribution < 1.29 is 33.0 Å². The maximum absolute atomic E-state index is 13.1. The van der Waals surface area contributed by atoms with Crippen LogP contribution in [0.4, 0.5) is 0 Å². The highest BCUT2D eigenvalue weighted by atomic mass is 32.2. The summed E-state index contributed by atoms with van der Waals surface area (Å²) >= 11 is 1.46. The molecule has 13 heteroatoms. The predicted molar refractivity (Wildman–Crippen MR) is 172 cm³/mol. The van der Waals surface area contributed by atoms with E-state index < -0.39 is 52.0 Å². The molecule has 0 aliphatic rings. The van der Waals surface area contributed by atoms with E-state index in [9.17, 15) is 33.0 Å². The van der Waals surface area contributed by atoms with E-state index in [-0.39, 0.29) is 36.2 Å². The van der Waals surface area contributed by atoms with E-state index >= 15 is 0 Å². The van der Waals surface area contributed by atoms with Gasteiger partial charge in [0, 0.05) is 12.5 Å². The number of nitrogens with one attached hydrogen (secondary N) is 4. The van der Waals surface area contributed by atoms with Crippen molar-refractivity contribution in [1.29, 1.82) is 0 Å². The molecule has 2 aromatic rings. The van der Waals surface area contributed by atoms with Gasteiger partial charge in [0.05, 0.1) is 23.6 Å². The zero-order valence-electron chi connectivity index (χ0n) is 25.9. The Bertz CT molecular complexity index is 1310. The normalized spacial score (nSPS) is 15.1. The van der Waals surface area contributed by atoms with Gasteiger partial charge in [0.25, 0.3) is 0 Å². The summed E-state index contributed by atoms with van der Waals surface area (Å²) in [6.07, 6.45) is 0.938. The summed E-state index contributed by atoms with van der Waals surface area (Å²) in [6, 6.07) is 12.4. The van der Waals surface area contributed by atoms with Gasteiger partial charge in [0.15, 0.2) is 0 Å². The lowest BCUT2D eigenvalue weighted by Crippen LogP contribution is -2.53. The molecule has 0 aliphatic heterocycles. The van der Waals surface area contributed by atoms with Gasteiger partial charge >= 0.3 is 0 Å². The molecule has 11 nitrogen and oxygen atoms in total. The van der Waals surface area contributed by atoms with Crippen LogP contribution in [-0.4, -0.2) is 72.6 Å². The van der Waals surface area contributed by atoms with Crippen LogP contribution in [0.2, 0.25) is 0 Å². The molecule has 3 amide bonds. The van der Waals surface area contributed by atoms with Gasteiger partial charge in [-0.1, -0.05) is 63.2 Å². The van der Waals surface area contributed by atoms with Crippen molar-refractivity contribution in [3.05, 3.63) is 65.7 Å². The van der Waals surface area contributed by atoms with Crippen LogP contribution in [0.15, 0.2) is 59.5 Å².